The number of nitrogens with zero attached hydrogens (tertiary/aromatic N) is 3. The summed E-state index contributed by atoms with van der Waals surface area (Å²) in [6.45, 7) is 4.05. The highest BCUT2D eigenvalue weighted by atomic mass is 16.5. The summed E-state index contributed by atoms with van der Waals surface area (Å²) in [7, 11) is 1.55. The van der Waals surface area contributed by atoms with Crippen LogP contribution in [0.3, 0.4) is 0 Å². The van der Waals surface area contributed by atoms with Gasteiger partial charge in [0.2, 0.25) is 11.7 Å². The van der Waals surface area contributed by atoms with Crippen LogP contribution in [0.5, 0.6) is 11.5 Å². The molecule has 7 nitrogen and oxygen atoms in total. The van der Waals surface area contributed by atoms with Gasteiger partial charge in [-0.3, -0.25) is 4.79 Å². The van der Waals surface area contributed by atoms with E-state index in [9.17, 15) is 4.79 Å². The van der Waals surface area contributed by atoms with Gasteiger partial charge in [-0.2, -0.15) is 4.98 Å². The van der Waals surface area contributed by atoms with Crippen LogP contribution in [-0.2, 0) is 11.3 Å². The van der Waals surface area contributed by atoms with E-state index in [1.807, 2.05) is 42.5 Å². The SMILES string of the molecule is C=CCN(Cc1nc(-c2ccccc2)no1)C(=O)COc1ccccc1OC. The van der Waals surface area contributed by atoms with Gasteiger partial charge in [-0.25, -0.2) is 0 Å². The van der Waals surface area contributed by atoms with Crippen LogP contribution in [0.2, 0.25) is 0 Å². The van der Waals surface area contributed by atoms with Crippen molar-refractivity contribution in [1.82, 2.24) is 15.0 Å². The van der Waals surface area contributed by atoms with E-state index in [4.69, 9.17) is 14.0 Å². The lowest BCUT2D eigenvalue weighted by Gasteiger charge is -2.19. The van der Waals surface area contributed by atoms with Crippen LogP contribution in [0.1, 0.15) is 5.89 Å². The first-order chi connectivity index (χ1) is 13.7. The predicted molar refractivity (Wildman–Crippen MR) is 104 cm³/mol. The molecule has 28 heavy (non-hydrogen) atoms. The van der Waals surface area contributed by atoms with E-state index in [1.54, 1.807) is 25.3 Å². The van der Waals surface area contributed by atoms with Gasteiger partial charge >= 0.3 is 0 Å². The summed E-state index contributed by atoms with van der Waals surface area (Å²) < 4.78 is 16.1. The molecule has 0 spiro atoms. The summed E-state index contributed by atoms with van der Waals surface area (Å²) in [6.07, 6.45) is 1.63. The number of ether oxygens (including phenoxy) is 2. The quantitative estimate of drug-likeness (QED) is 0.531. The highest BCUT2D eigenvalue weighted by Crippen LogP contribution is 2.25. The lowest BCUT2D eigenvalue weighted by atomic mass is 10.2. The zero-order valence-corrected chi connectivity index (χ0v) is 15.6. The lowest BCUT2D eigenvalue weighted by molar-refractivity contribution is -0.133. The Morgan fingerprint density at radius 1 is 1.14 bits per heavy atom. The maximum Gasteiger partial charge on any atom is 0.261 e. The normalized spacial score (nSPS) is 10.3. The molecule has 0 unspecified atom stereocenters. The van der Waals surface area contributed by atoms with Crippen molar-refractivity contribution in [3.63, 3.8) is 0 Å². The van der Waals surface area contributed by atoms with E-state index in [-0.39, 0.29) is 19.1 Å². The number of carbonyl (C=O) groups excluding carboxylic acids is 1. The van der Waals surface area contributed by atoms with Gasteiger partial charge in [0.25, 0.3) is 5.91 Å². The Labute approximate surface area is 163 Å². The van der Waals surface area contributed by atoms with Crippen LogP contribution < -0.4 is 9.47 Å². The first kappa shape index (κ1) is 19.2. The number of hydrogen-bond donors (Lipinski definition) is 0. The molecule has 0 fully saturated rings. The molecule has 0 bridgehead atoms. The molecule has 7 heteroatoms. The van der Waals surface area contributed by atoms with Gasteiger partial charge in [-0.15, -0.1) is 6.58 Å². The molecule has 1 aromatic heterocycles. The van der Waals surface area contributed by atoms with Crippen molar-refractivity contribution in [2.75, 3.05) is 20.3 Å². The molecule has 1 heterocycles. The van der Waals surface area contributed by atoms with Crippen molar-refractivity contribution in [3.8, 4) is 22.9 Å². The third kappa shape index (κ3) is 4.76. The summed E-state index contributed by atoms with van der Waals surface area (Å²) >= 11 is 0. The summed E-state index contributed by atoms with van der Waals surface area (Å²) in [5.74, 6) is 1.65. The van der Waals surface area contributed by atoms with Gasteiger partial charge in [0.15, 0.2) is 18.1 Å². The van der Waals surface area contributed by atoms with E-state index < -0.39 is 0 Å². The Balaban J connectivity index is 1.65. The molecule has 0 radical (unpaired) electrons. The maximum absolute atomic E-state index is 12.6. The molecule has 0 saturated carbocycles. The summed E-state index contributed by atoms with van der Waals surface area (Å²) in [4.78, 5) is 18.5. The molecular weight excluding hydrogens is 358 g/mol. The zero-order valence-electron chi connectivity index (χ0n) is 15.6. The standard InChI is InChI=1S/C21H21N3O4/c1-3-13-24(20(25)15-27-18-12-8-7-11-17(18)26-2)14-19-22-21(23-28-19)16-9-5-4-6-10-16/h3-12H,1,13-15H2,2H3. The van der Waals surface area contributed by atoms with E-state index in [0.717, 1.165) is 5.56 Å². The third-order valence-corrected chi connectivity index (χ3v) is 3.95. The molecule has 144 valence electrons. The molecular formula is C21H21N3O4. The Morgan fingerprint density at radius 2 is 1.86 bits per heavy atom. The van der Waals surface area contributed by atoms with Crippen molar-refractivity contribution in [3.05, 3.63) is 73.1 Å². The second kappa shape index (κ2) is 9.36. The van der Waals surface area contributed by atoms with Crippen molar-refractivity contribution in [2.45, 2.75) is 6.54 Å². The summed E-state index contributed by atoms with van der Waals surface area (Å²) in [6, 6.07) is 16.6. The van der Waals surface area contributed by atoms with Gasteiger partial charge < -0.3 is 18.9 Å². The molecule has 0 aliphatic rings. The van der Waals surface area contributed by atoms with E-state index in [0.29, 0.717) is 29.8 Å². The predicted octanol–water partition coefficient (Wildman–Crippen LogP) is 3.34. The molecule has 0 N–H and O–H groups in total. The number of benzene rings is 2. The summed E-state index contributed by atoms with van der Waals surface area (Å²) in [5, 5.41) is 3.98. The summed E-state index contributed by atoms with van der Waals surface area (Å²) in [5.41, 5.74) is 0.846. The fraction of sp³-hybridized carbons (Fsp3) is 0.190. The van der Waals surface area contributed by atoms with Gasteiger partial charge in [-0.05, 0) is 12.1 Å². The topological polar surface area (TPSA) is 77.7 Å². The Bertz CT molecular complexity index is 924. The Hall–Kier alpha value is -3.61. The van der Waals surface area contributed by atoms with Crippen LogP contribution in [0.4, 0.5) is 0 Å². The minimum atomic E-state index is -0.231. The van der Waals surface area contributed by atoms with Crippen LogP contribution in [0.25, 0.3) is 11.4 Å². The minimum absolute atomic E-state index is 0.145. The number of methoxy groups -OCH3 is 1. The molecule has 0 saturated heterocycles. The third-order valence-electron chi connectivity index (χ3n) is 3.95. The van der Waals surface area contributed by atoms with Gasteiger partial charge in [0.1, 0.15) is 6.54 Å². The largest absolute Gasteiger partial charge is 0.493 e. The van der Waals surface area contributed by atoms with Gasteiger partial charge in [0, 0.05) is 12.1 Å². The van der Waals surface area contributed by atoms with Crippen molar-refractivity contribution >= 4 is 5.91 Å². The highest BCUT2D eigenvalue weighted by Gasteiger charge is 2.18. The monoisotopic (exact) mass is 379 g/mol. The number of carbonyl (C=O) groups is 1. The number of hydrogen-bond acceptors (Lipinski definition) is 6. The number of para-hydroxylation sites is 2. The van der Waals surface area contributed by atoms with Gasteiger partial charge in [0.05, 0.1) is 7.11 Å². The van der Waals surface area contributed by atoms with Crippen LogP contribution >= 0.6 is 0 Å². The van der Waals surface area contributed by atoms with Crippen molar-refractivity contribution in [1.29, 1.82) is 0 Å². The molecule has 3 aromatic rings. The highest BCUT2D eigenvalue weighted by molar-refractivity contribution is 5.78. The fourth-order valence-electron chi connectivity index (χ4n) is 2.57. The van der Waals surface area contributed by atoms with E-state index >= 15 is 0 Å². The van der Waals surface area contributed by atoms with Gasteiger partial charge in [-0.1, -0.05) is 53.7 Å². The molecule has 0 atom stereocenters. The second-order valence-electron chi connectivity index (χ2n) is 5.88. The Kier molecular flexibility index (Phi) is 6.41. The molecule has 3 rings (SSSR count). The van der Waals surface area contributed by atoms with Crippen molar-refractivity contribution < 1.29 is 18.8 Å². The number of rotatable bonds is 9. The molecule has 2 aromatic carbocycles. The Morgan fingerprint density at radius 3 is 2.57 bits per heavy atom. The van der Waals surface area contributed by atoms with Crippen molar-refractivity contribution in [2.24, 2.45) is 0 Å². The fourth-order valence-corrected chi connectivity index (χ4v) is 2.57. The average Bonchev–Trinajstić information content (AvgIpc) is 3.21. The molecule has 1 amide bonds. The molecule has 0 aliphatic carbocycles. The minimum Gasteiger partial charge on any atom is -0.493 e. The van der Waals surface area contributed by atoms with E-state index in [1.165, 1.54) is 4.90 Å². The average molecular weight is 379 g/mol. The lowest BCUT2D eigenvalue weighted by Crippen LogP contribution is -2.34. The van der Waals surface area contributed by atoms with Crippen LogP contribution in [-0.4, -0.2) is 41.2 Å². The number of amides is 1. The smallest absolute Gasteiger partial charge is 0.261 e. The maximum atomic E-state index is 12.6. The van der Waals surface area contributed by atoms with E-state index in [2.05, 4.69) is 16.7 Å². The van der Waals surface area contributed by atoms with Crippen LogP contribution in [0, 0.1) is 0 Å². The second-order valence-corrected chi connectivity index (χ2v) is 5.88. The first-order valence-electron chi connectivity index (χ1n) is 8.73. The molecule has 0 aliphatic heterocycles. The number of aromatic nitrogens is 2. The first-order valence-corrected chi connectivity index (χ1v) is 8.73. The zero-order chi connectivity index (χ0) is 19.8. The van der Waals surface area contributed by atoms with Crippen LogP contribution in [0.15, 0.2) is 71.8 Å².